The number of hydrogen-bond donors (Lipinski definition) is 0. The molecule has 0 aliphatic carbocycles. The van der Waals surface area contributed by atoms with Gasteiger partial charge >= 0.3 is 0 Å². The maximum absolute atomic E-state index is 14.5. The van der Waals surface area contributed by atoms with Crippen molar-refractivity contribution in [2.75, 3.05) is 6.61 Å². The molecule has 3 aromatic rings. The van der Waals surface area contributed by atoms with Crippen molar-refractivity contribution in [2.45, 2.75) is 64.9 Å². The smallest absolute Gasteiger partial charge is 0.132 e. The summed E-state index contributed by atoms with van der Waals surface area (Å²) in [6, 6.07) is 17.6. The lowest BCUT2D eigenvalue weighted by Crippen LogP contribution is -2.08. The first-order chi connectivity index (χ1) is 17.1. The summed E-state index contributed by atoms with van der Waals surface area (Å²) in [5, 5.41) is 0. The molecule has 0 aliphatic rings. The summed E-state index contributed by atoms with van der Waals surface area (Å²) in [7, 11) is 0. The van der Waals surface area contributed by atoms with Gasteiger partial charge in [-0.1, -0.05) is 74.4 Å². The van der Waals surface area contributed by atoms with Crippen molar-refractivity contribution in [2.24, 2.45) is 0 Å². The van der Waals surface area contributed by atoms with Gasteiger partial charge in [-0.25, -0.2) is 4.39 Å². The van der Waals surface area contributed by atoms with Gasteiger partial charge in [0.2, 0.25) is 0 Å². The van der Waals surface area contributed by atoms with Gasteiger partial charge in [0.15, 0.2) is 0 Å². The lowest BCUT2D eigenvalue weighted by Gasteiger charge is -2.12. The predicted molar refractivity (Wildman–Crippen MR) is 147 cm³/mol. The van der Waals surface area contributed by atoms with Crippen LogP contribution in [0.15, 0.2) is 79.5 Å². The molecule has 0 radical (unpaired) electrons. The zero-order valence-corrected chi connectivity index (χ0v) is 21.2. The minimum Gasteiger partial charge on any atom is -0.379 e. The SMILES string of the molecule is C=CCc1ccc(-c2ccc(-c3ccc(C=CCCCC(C)OCCCCC)cc3)cn2)c(F)c1. The Bertz CT molecular complexity index is 1070. The number of allylic oxidation sites excluding steroid dienone is 2. The van der Waals surface area contributed by atoms with E-state index in [1.807, 2.05) is 24.4 Å². The molecule has 0 bridgehead atoms. The molecule has 1 atom stereocenters. The van der Waals surface area contributed by atoms with Crippen molar-refractivity contribution >= 4 is 6.08 Å². The van der Waals surface area contributed by atoms with Crippen LogP contribution in [-0.4, -0.2) is 17.7 Å². The standard InChI is InChI=1S/C32H38FNO/c1-4-6-10-22-35-25(3)12-8-7-9-13-26-14-17-28(18-15-26)29-19-21-32(34-24-29)30-20-16-27(11-5-2)23-31(30)33/h5,9,13-21,23-25H,2,4,6-8,10-12,22H2,1,3H3. The van der Waals surface area contributed by atoms with E-state index in [4.69, 9.17) is 4.74 Å². The first kappa shape index (κ1) is 26.6. The first-order valence-corrected chi connectivity index (χ1v) is 12.8. The highest BCUT2D eigenvalue weighted by Crippen LogP contribution is 2.26. The van der Waals surface area contributed by atoms with Crippen LogP contribution in [0.2, 0.25) is 0 Å². The van der Waals surface area contributed by atoms with Crippen molar-refractivity contribution < 1.29 is 9.13 Å². The predicted octanol–water partition coefficient (Wildman–Crippen LogP) is 9.06. The quantitative estimate of drug-likeness (QED) is 0.173. The third kappa shape index (κ3) is 8.60. The minimum atomic E-state index is -0.255. The molecule has 0 aliphatic heterocycles. The summed E-state index contributed by atoms with van der Waals surface area (Å²) < 4.78 is 20.4. The molecule has 0 saturated heterocycles. The summed E-state index contributed by atoms with van der Waals surface area (Å²) in [5.74, 6) is -0.255. The monoisotopic (exact) mass is 471 g/mol. The number of ether oxygens (including phenoxy) is 1. The third-order valence-electron chi connectivity index (χ3n) is 6.14. The second-order valence-corrected chi connectivity index (χ2v) is 9.08. The van der Waals surface area contributed by atoms with Crippen molar-refractivity contribution in [3.8, 4) is 22.4 Å². The second kappa shape index (κ2) is 14.4. The van der Waals surface area contributed by atoms with Crippen molar-refractivity contribution in [3.63, 3.8) is 0 Å². The topological polar surface area (TPSA) is 22.1 Å². The summed E-state index contributed by atoms with van der Waals surface area (Å²) in [4.78, 5) is 4.51. The Morgan fingerprint density at radius 3 is 2.49 bits per heavy atom. The highest BCUT2D eigenvalue weighted by Gasteiger charge is 2.08. The van der Waals surface area contributed by atoms with Crippen LogP contribution in [0.4, 0.5) is 4.39 Å². The molecule has 35 heavy (non-hydrogen) atoms. The number of rotatable bonds is 14. The van der Waals surface area contributed by atoms with E-state index in [2.05, 4.69) is 61.8 Å². The second-order valence-electron chi connectivity index (χ2n) is 9.08. The highest BCUT2D eigenvalue weighted by atomic mass is 19.1. The van der Waals surface area contributed by atoms with Gasteiger partial charge in [0.1, 0.15) is 5.82 Å². The molecule has 1 unspecified atom stereocenters. The first-order valence-electron chi connectivity index (χ1n) is 12.8. The van der Waals surface area contributed by atoms with Crippen LogP contribution in [0, 0.1) is 5.82 Å². The van der Waals surface area contributed by atoms with E-state index in [-0.39, 0.29) is 5.82 Å². The molecule has 0 spiro atoms. The third-order valence-corrected chi connectivity index (χ3v) is 6.14. The van der Waals surface area contributed by atoms with Gasteiger partial charge < -0.3 is 4.74 Å². The van der Waals surface area contributed by atoms with Crippen LogP contribution in [0.3, 0.4) is 0 Å². The minimum absolute atomic E-state index is 0.255. The van der Waals surface area contributed by atoms with Crippen molar-refractivity contribution in [1.82, 2.24) is 4.98 Å². The molecule has 0 amide bonds. The Hall–Kier alpha value is -3.04. The van der Waals surface area contributed by atoms with Crippen LogP contribution < -0.4 is 0 Å². The number of aromatic nitrogens is 1. The van der Waals surface area contributed by atoms with Gasteiger partial charge in [0.05, 0.1) is 11.8 Å². The average molecular weight is 472 g/mol. The van der Waals surface area contributed by atoms with E-state index in [0.717, 1.165) is 42.6 Å². The number of nitrogens with zero attached hydrogens (tertiary/aromatic N) is 1. The van der Waals surface area contributed by atoms with E-state index < -0.39 is 0 Å². The van der Waals surface area contributed by atoms with Crippen LogP contribution >= 0.6 is 0 Å². The summed E-state index contributed by atoms with van der Waals surface area (Å²) in [5.41, 5.74) is 5.36. The van der Waals surface area contributed by atoms with Crippen molar-refractivity contribution in [1.29, 1.82) is 0 Å². The van der Waals surface area contributed by atoms with Gasteiger partial charge in [-0.2, -0.15) is 0 Å². The molecule has 2 aromatic carbocycles. The normalized spacial score (nSPS) is 12.2. The molecule has 1 aromatic heterocycles. The zero-order chi connectivity index (χ0) is 24.9. The van der Waals surface area contributed by atoms with Crippen LogP contribution in [0.1, 0.15) is 63.5 Å². The fraction of sp³-hybridized carbons (Fsp3) is 0.344. The van der Waals surface area contributed by atoms with E-state index in [9.17, 15) is 4.39 Å². The van der Waals surface area contributed by atoms with Crippen LogP contribution in [0.25, 0.3) is 28.5 Å². The molecule has 0 N–H and O–H groups in total. The van der Waals surface area contributed by atoms with E-state index in [0.29, 0.717) is 23.8 Å². The lowest BCUT2D eigenvalue weighted by atomic mass is 10.0. The maximum Gasteiger partial charge on any atom is 0.132 e. The molecular weight excluding hydrogens is 433 g/mol. The summed E-state index contributed by atoms with van der Waals surface area (Å²) in [6.45, 7) is 8.98. The van der Waals surface area contributed by atoms with E-state index >= 15 is 0 Å². The Balaban J connectivity index is 1.49. The van der Waals surface area contributed by atoms with Crippen molar-refractivity contribution in [3.05, 3.63) is 96.5 Å². The Morgan fingerprint density at radius 1 is 1.00 bits per heavy atom. The number of halogens is 1. The Labute approximate surface area is 210 Å². The van der Waals surface area contributed by atoms with E-state index in [1.165, 1.54) is 24.8 Å². The van der Waals surface area contributed by atoms with Crippen LogP contribution in [-0.2, 0) is 11.2 Å². The van der Waals surface area contributed by atoms with E-state index in [1.54, 1.807) is 18.2 Å². The number of benzene rings is 2. The molecule has 3 rings (SSSR count). The lowest BCUT2D eigenvalue weighted by molar-refractivity contribution is 0.0566. The van der Waals surface area contributed by atoms with Gasteiger partial charge in [0.25, 0.3) is 0 Å². The Morgan fingerprint density at radius 2 is 1.80 bits per heavy atom. The van der Waals surface area contributed by atoms with Crippen LogP contribution in [0.5, 0.6) is 0 Å². The van der Waals surface area contributed by atoms with Gasteiger partial charge in [-0.3, -0.25) is 4.98 Å². The summed E-state index contributed by atoms with van der Waals surface area (Å²) in [6.07, 6.45) is 15.9. The van der Waals surface area contributed by atoms with Gasteiger partial charge in [-0.05, 0) is 73.9 Å². The molecule has 184 valence electrons. The number of unbranched alkanes of at least 4 members (excludes halogenated alkanes) is 3. The molecule has 0 saturated carbocycles. The largest absolute Gasteiger partial charge is 0.379 e. The Kier molecular flexibility index (Phi) is 10.9. The van der Waals surface area contributed by atoms with Gasteiger partial charge in [-0.15, -0.1) is 6.58 Å². The fourth-order valence-electron chi connectivity index (χ4n) is 4.03. The molecular formula is C32H38FNO. The maximum atomic E-state index is 14.5. The number of pyridine rings is 1. The number of hydrogen-bond acceptors (Lipinski definition) is 2. The zero-order valence-electron chi connectivity index (χ0n) is 21.2. The average Bonchev–Trinajstić information content (AvgIpc) is 2.87. The highest BCUT2D eigenvalue weighted by molar-refractivity contribution is 5.68. The molecule has 2 nitrogen and oxygen atoms in total. The summed E-state index contributed by atoms with van der Waals surface area (Å²) >= 11 is 0. The molecule has 3 heteroatoms. The molecule has 1 heterocycles. The molecule has 0 fully saturated rings. The van der Waals surface area contributed by atoms with Gasteiger partial charge in [0, 0.05) is 23.9 Å². The fourth-order valence-corrected chi connectivity index (χ4v) is 4.03.